The van der Waals surface area contributed by atoms with Gasteiger partial charge in [-0.25, -0.2) is 0 Å². The van der Waals surface area contributed by atoms with E-state index in [2.05, 4.69) is 0 Å². The number of rotatable bonds is 8. The first-order valence-corrected chi connectivity index (χ1v) is 10.7. The number of ether oxygens (including phenoxy) is 2. The number of halogens is 3. The van der Waals surface area contributed by atoms with Crippen molar-refractivity contribution in [2.75, 3.05) is 44.8 Å². The number of ketones is 1. The van der Waals surface area contributed by atoms with Crippen LogP contribution in [0, 0.1) is 0 Å². The molecule has 0 aromatic heterocycles. The van der Waals surface area contributed by atoms with E-state index in [0.29, 0.717) is 68.4 Å². The molecule has 1 heterocycles. The van der Waals surface area contributed by atoms with Crippen LogP contribution in [0.4, 0.5) is 18.9 Å². The molecular weight excluding hydrogens is 437 g/mol. The van der Waals surface area contributed by atoms with Crippen LogP contribution in [0.25, 0.3) is 0 Å². The molecule has 1 aliphatic heterocycles. The zero-order valence-electron chi connectivity index (χ0n) is 18.7. The number of hydrogen-bond acceptors (Lipinski definition) is 5. The highest BCUT2D eigenvalue weighted by Gasteiger charge is 2.31. The minimum atomic E-state index is -4.38. The Hall–Kier alpha value is -3.23. The van der Waals surface area contributed by atoms with Crippen LogP contribution >= 0.6 is 0 Å². The third-order valence-corrected chi connectivity index (χ3v) is 5.53. The normalized spacial score (nSPS) is 14.2. The van der Waals surface area contributed by atoms with Gasteiger partial charge in [-0.1, -0.05) is 6.07 Å². The quantitative estimate of drug-likeness (QED) is 0.428. The number of carbonyl (C=O) groups excluding carboxylic acids is 2. The summed E-state index contributed by atoms with van der Waals surface area (Å²) in [5.41, 5.74) is 0.361. The van der Waals surface area contributed by atoms with Crippen molar-refractivity contribution in [1.82, 2.24) is 4.90 Å². The summed E-state index contributed by atoms with van der Waals surface area (Å²) < 4.78 is 49.8. The molecule has 2 aromatic carbocycles. The summed E-state index contributed by atoms with van der Waals surface area (Å²) in [6, 6.07) is 10.2. The van der Waals surface area contributed by atoms with Gasteiger partial charge in [0.05, 0.1) is 19.3 Å². The molecule has 0 spiro atoms. The monoisotopic (exact) mass is 464 g/mol. The van der Waals surface area contributed by atoms with E-state index in [9.17, 15) is 22.8 Å². The largest absolute Gasteiger partial charge is 0.493 e. The second-order valence-electron chi connectivity index (χ2n) is 7.79. The van der Waals surface area contributed by atoms with Gasteiger partial charge in [-0.2, -0.15) is 13.2 Å². The van der Waals surface area contributed by atoms with Crippen molar-refractivity contribution in [2.24, 2.45) is 0 Å². The first-order chi connectivity index (χ1) is 15.7. The van der Waals surface area contributed by atoms with Crippen molar-refractivity contribution < 1.29 is 32.2 Å². The minimum absolute atomic E-state index is 0.0128. The molecule has 0 aliphatic carbocycles. The van der Waals surface area contributed by atoms with Gasteiger partial charge in [0, 0.05) is 43.9 Å². The molecule has 178 valence electrons. The fourth-order valence-corrected chi connectivity index (χ4v) is 3.66. The molecule has 2 aromatic rings. The SMILES string of the molecule is COc1cc(C(C)=O)ccc1OCCCC(=O)N1CCN(c2cccc(C(F)(F)F)c2)CC1. The van der Waals surface area contributed by atoms with Crippen LogP contribution in [0.3, 0.4) is 0 Å². The van der Waals surface area contributed by atoms with Crippen LogP contribution in [0.1, 0.15) is 35.7 Å². The lowest BCUT2D eigenvalue weighted by atomic mass is 10.1. The Bertz CT molecular complexity index is 986. The molecule has 3 rings (SSSR count). The van der Waals surface area contributed by atoms with Crippen molar-refractivity contribution >= 4 is 17.4 Å². The lowest BCUT2D eigenvalue weighted by molar-refractivity contribution is -0.137. The van der Waals surface area contributed by atoms with Gasteiger partial charge in [0.25, 0.3) is 0 Å². The van der Waals surface area contributed by atoms with E-state index in [4.69, 9.17) is 9.47 Å². The summed E-state index contributed by atoms with van der Waals surface area (Å²) in [5.74, 6) is 0.879. The van der Waals surface area contributed by atoms with E-state index in [1.807, 2.05) is 4.90 Å². The Labute approximate surface area is 190 Å². The van der Waals surface area contributed by atoms with Gasteiger partial charge in [0.1, 0.15) is 0 Å². The number of benzene rings is 2. The molecule has 0 radical (unpaired) electrons. The van der Waals surface area contributed by atoms with Crippen molar-refractivity contribution in [2.45, 2.75) is 25.9 Å². The molecule has 1 amide bonds. The predicted molar refractivity (Wildman–Crippen MR) is 118 cm³/mol. The fraction of sp³-hybridized carbons (Fsp3) is 0.417. The van der Waals surface area contributed by atoms with Crippen molar-refractivity contribution in [1.29, 1.82) is 0 Å². The summed E-state index contributed by atoms with van der Waals surface area (Å²) in [7, 11) is 1.49. The second kappa shape index (κ2) is 10.6. The summed E-state index contributed by atoms with van der Waals surface area (Å²) in [6.45, 7) is 3.64. The first kappa shape index (κ1) is 24.4. The van der Waals surface area contributed by atoms with E-state index in [1.54, 1.807) is 29.2 Å². The topological polar surface area (TPSA) is 59.1 Å². The number of anilines is 1. The third-order valence-electron chi connectivity index (χ3n) is 5.53. The number of piperazine rings is 1. The van der Waals surface area contributed by atoms with Gasteiger partial charge in [-0.3, -0.25) is 9.59 Å². The maximum Gasteiger partial charge on any atom is 0.416 e. The predicted octanol–water partition coefficient (Wildman–Crippen LogP) is 4.42. The lowest BCUT2D eigenvalue weighted by Gasteiger charge is -2.36. The molecule has 0 bridgehead atoms. The summed E-state index contributed by atoms with van der Waals surface area (Å²) in [4.78, 5) is 27.6. The zero-order chi connectivity index (χ0) is 24.0. The van der Waals surface area contributed by atoms with E-state index in [0.717, 1.165) is 12.1 Å². The second-order valence-corrected chi connectivity index (χ2v) is 7.79. The van der Waals surface area contributed by atoms with E-state index < -0.39 is 11.7 Å². The average Bonchev–Trinajstić information content (AvgIpc) is 2.81. The Morgan fingerprint density at radius 3 is 2.36 bits per heavy atom. The van der Waals surface area contributed by atoms with Crippen molar-refractivity contribution in [3.05, 3.63) is 53.6 Å². The summed E-state index contributed by atoms with van der Waals surface area (Å²) >= 11 is 0. The molecule has 9 heteroatoms. The summed E-state index contributed by atoms with van der Waals surface area (Å²) in [6.07, 6.45) is -3.57. The van der Waals surface area contributed by atoms with Crippen molar-refractivity contribution in [3.63, 3.8) is 0 Å². The van der Waals surface area contributed by atoms with Gasteiger partial charge in [0.15, 0.2) is 17.3 Å². The van der Waals surface area contributed by atoms with Crippen LogP contribution in [0.5, 0.6) is 11.5 Å². The fourth-order valence-electron chi connectivity index (χ4n) is 3.66. The molecule has 0 N–H and O–H groups in total. The highest BCUT2D eigenvalue weighted by Crippen LogP contribution is 2.32. The molecule has 0 unspecified atom stereocenters. The minimum Gasteiger partial charge on any atom is -0.493 e. The smallest absolute Gasteiger partial charge is 0.416 e. The molecule has 0 saturated carbocycles. The lowest BCUT2D eigenvalue weighted by Crippen LogP contribution is -2.48. The van der Waals surface area contributed by atoms with E-state index in [1.165, 1.54) is 20.1 Å². The number of Topliss-reactive ketones (excluding diaryl/α,β-unsaturated/α-hetero) is 1. The van der Waals surface area contributed by atoms with Crippen LogP contribution < -0.4 is 14.4 Å². The average molecular weight is 464 g/mol. The Balaban J connectivity index is 1.44. The van der Waals surface area contributed by atoms with Crippen LogP contribution in [-0.2, 0) is 11.0 Å². The molecule has 33 heavy (non-hydrogen) atoms. The number of carbonyl (C=O) groups is 2. The highest BCUT2D eigenvalue weighted by atomic mass is 19.4. The maximum absolute atomic E-state index is 12.9. The van der Waals surface area contributed by atoms with Crippen LogP contribution in [0.2, 0.25) is 0 Å². The third kappa shape index (κ3) is 6.40. The van der Waals surface area contributed by atoms with Crippen LogP contribution in [0.15, 0.2) is 42.5 Å². The molecule has 1 saturated heterocycles. The number of hydrogen-bond donors (Lipinski definition) is 0. The Morgan fingerprint density at radius 1 is 1.00 bits per heavy atom. The zero-order valence-corrected chi connectivity index (χ0v) is 18.7. The standard InChI is InChI=1S/C24H27F3N2O4/c1-17(30)18-8-9-21(22(15-18)32-2)33-14-4-7-23(31)29-12-10-28(11-13-29)20-6-3-5-19(16-20)24(25,26)27/h3,5-6,8-9,15-16H,4,7,10-14H2,1-2H3. The van der Waals surface area contributed by atoms with E-state index >= 15 is 0 Å². The number of methoxy groups -OCH3 is 1. The Kier molecular flexibility index (Phi) is 7.84. The first-order valence-electron chi connectivity index (χ1n) is 10.7. The van der Waals surface area contributed by atoms with E-state index in [-0.39, 0.29) is 11.7 Å². The van der Waals surface area contributed by atoms with Crippen LogP contribution in [-0.4, -0.2) is 56.5 Å². The van der Waals surface area contributed by atoms with Gasteiger partial charge >= 0.3 is 6.18 Å². The van der Waals surface area contributed by atoms with Gasteiger partial charge in [-0.05, 0) is 49.7 Å². The number of alkyl halides is 3. The molecular formula is C24H27F3N2O4. The maximum atomic E-state index is 12.9. The Morgan fingerprint density at radius 2 is 1.73 bits per heavy atom. The molecule has 6 nitrogen and oxygen atoms in total. The van der Waals surface area contributed by atoms with Gasteiger partial charge in [-0.15, -0.1) is 0 Å². The highest BCUT2D eigenvalue weighted by molar-refractivity contribution is 5.94. The summed E-state index contributed by atoms with van der Waals surface area (Å²) in [5, 5.41) is 0. The van der Waals surface area contributed by atoms with Gasteiger partial charge < -0.3 is 19.3 Å². The van der Waals surface area contributed by atoms with Crippen molar-refractivity contribution in [3.8, 4) is 11.5 Å². The molecule has 1 fully saturated rings. The van der Waals surface area contributed by atoms with Gasteiger partial charge in [0.2, 0.25) is 5.91 Å². The number of nitrogens with zero attached hydrogens (tertiary/aromatic N) is 2. The molecule has 1 aliphatic rings. The number of amides is 1. The molecule has 0 atom stereocenters.